The summed E-state index contributed by atoms with van der Waals surface area (Å²) >= 11 is 0. The number of fused-ring (bicyclic) bond motifs is 1. The number of anilines is 1. The van der Waals surface area contributed by atoms with Gasteiger partial charge in [0.15, 0.2) is 0 Å². The number of carbonyl (C=O) groups is 1. The summed E-state index contributed by atoms with van der Waals surface area (Å²) in [4.78, 5) is 27.3. The van der Waals surface area contributed by atoms with Crippen molar-refractivity contribution in [1.82, 2.24) is 4.90 Å². The number of ether oxygens (including phenoxy) is 2. The first kappa shape index (κ1) is 22.0. The van der Waals surface area contributed by atoms with Crippen molar-refractivity contribution in [1.29, 1.82) is 0 Å². The fraction of sp³-hybridized carbons (Fsp3) is 0.360. The summed E-state index contributed by atoms with van der Waals surface area (Å²) in [6, 6.07) is 13.3. The summed E-state index contributed by atoms with van der Waals surface area (Å²) in [5.74, 6) is 0.489. The highest BCUT2D eigenvalue weighted by Crippen LogP contribution is 2.24. The standard InChI is InChI=1S/C25H28N2O5/c1-17-21-8-7-20(30-2)15-23(21)32-25(29)22(17)9-10-24(28)26-19-5-3-18(4-6-19)16-27-11-13-31-14-12-27/h3-8,15H,9-14,16H2,1-2H3,(H,26,28). The van der Waals surface area contributed by atoms with Crippen LogP contribution in [0.5, 0.6) is 5.75 Å². The van der Waals surface area contributed by atoms with Gasteiger partial charge in [-0.2, -0.15) is 0 Å². The molecule has 0 aliphatic carbocycles. The lowest BCUT2D eigenvalue weighted by Crippen LogP contribution is -2.35. The molecule has 1 amide bonds. The molecule has 2 aromatic carbocycles. The summed E-state index contributed by atoms with van der Waals surface area (Å²) in [5, 5.41) is 3.76. The SMILES string of the molecule is COc1ccc2c(C)c(CCC(=O)Nc3ccc(CN4CCOCC4)cc3)c(=O)oc2c1. The number of rotatable bonds is 7. The summed E-state index contributed by atoms with van der Waals surface area (Å²) in [7, 11) is 1.57. The molecule has 0 atom stereocenters. The van der Waals surface area contributed by atoms with Gasteiger partial charge in [-0.1, -0.05) is 12.1 Å². The number of carbonyl (C=O) groups excluding carboxylic acids is 1. The quantitative estimate of drug-likeness (QED) is 0.571. The Morgan fingerprint density at radius 1 is 1.12 bits per heavy atom. The Hall–Kier alpha value is -3.16. The molecule has 2 heterocycles. The van der Waals surface area contributed by atoms with Gasteiger partial charge in [0.2, 0.25) is 5.91 Å². The molecule has 0 saturated carbocycles. The van der Waals surface area contributed by atoms with Gasteiger partial charge in [-0.3, -0.25) is 9.69 Å². The zero-order valence-electron chi connectivity index (χ0n) is 18.5. The van der Waals surface area contributed by atoms with Gasteiger partial charge in [0.1, 0.15) is 11.3 Å². The third-order valence-corrected chi connectivity index (χ3v) is 5.84. The van der Waals surface area contributed by atoms with Crippen LogP contribution >= 0.6 is 0 Å². The summed E-state index contributed by atoms with van der Waals surface area (Å²) in [6.45, 7) is 6.18. The Kier molecular flexibility index (Phi) is 6.87. The van der Waals surface area contributed by atoms with Crippen LogP contribution in [0.2, 0.25) is 0 Å². The van der Waals surface area contributed by atoms with E-state index in [4.69, 9.17) is 13.9 Å². The topological polar surface area (TPSA) is 81.0 Å². The molecule has 1 fully saturated rings. The average molecular weight is 437 g/mol. The highest BCUT2D eigenvalue weighted by atomic mass is 16.5. The minimum absolute atomic E-state index is 0.139. The normalized spacial score (nSPS) is 14.4. The molecule has 7 heteroatoms. The summed E-state index contributed by atoms with van der Waals surface area (Å²) in [5.41, 5.74) is 3.37. The predicted molar refractivity (Wildman–Crippen MR) is 123 cm³/mol. The van der Waals surface area contributed by atoms with Gasteiger partial charge in [0.25, 0.3) is 0 Å². The molecule has 1 aromatic heterocycles. The maximum Gasteiger partial charge on any atom is 0.339 e. The van der Waals surface area contributed by atoms with Crippen LogP contribution in [0, 0.1) is 6.92 Å². The number of morpholine rings is 1. The second-order valence-electron chi connectivity index (χ2n) is 7.99. The fourth-order valence-electron chi connectivity index (χ4n) is 3.96. The van der Waals surface area contributed by atoms with Gasteiger partial charge >= 0.3 is 5.63 Å². The monoisotopic (exact) mass is 436 g/mol. The van der Waals surface area contributed by atoms with E-state index in [9.17, 15) is 9.59 Å². The Morgan fingerprint density at radius 2 is 1.88 bits per heavy atom. The molecule has 32 heavy (non-hydrogen) atoms. The van der Waals surface area contributed by atoms with Crippen LogP contribution in [0.4, 0.5) is 5.69 Å². The molecule has 3 aromatic rings. The molecule has 0 radical (unpaired) electrons. The molecular weight excluding hydrogens is 408 g/mol. The average Bonchev–Trinajstić information content (AvgIpc) is 2.80. The highest BCUT2D eigenvalue weighted by molar-refractivity contribution is 5.91. The maximum absolute atomic E-state index is 12.5. The zero-order chi connectivity index (χ0) is 22.5. The van der Waals surface area contributed by atoms with E-state index in [1.54, 1.807) is 13.2 Å². The van der Waals surface area contributed by atoms with Crippen LogP contribution in [0.3, 0.4) is 0 Å². The molecule has 1 N–H and O–H groups in total. The van der Waals surface area contributed by atoms with Crippen LogP contribution in [0.15, 0.2) is 51.7 Å². The molecule has 0 spiro atoms. The predicted octanol–water partition coefficient (Wildman–Crippen LogP) is 3.51. The maximum atomic E-state index is 12.5. The molecule has 1 saturated heterocycles. The van der Waals surface area contributed by atoms with Crippen molar-refractivity contribution >= 4 is 22.6 Å². The molecule has 0 bridgehead atoms. The van der Waals surface area contributed by atoms with Gasteiger partial charge in [-0.15, -0.1) is 0 Å². The second kappa shape index (κ2) is 9.97. The highest BCUT2D eigenvalue weighted by Gasteiger charge is 2.14. The summed E-state index contributed by atoms with van der Waals surface area (Å²) in [6.07, 6.45) is 0.514. The molecule has 1 aliphatic rings. The van der Waals surface area contributed by atoms with Crippen molar-refractivity contribution in [2.45, 2.75) is 26.3 Å². The van der Waals surface area contributed by atoms with Gasteiger partial charge in [0, 0.05) is 48.8 Å². The lowest BCUT2D eigenvalue weighted by atomic mass is 10.0. The van der Waals surface area contributed by atoms with Crippen LogP contribution in [-0.2, 0) is 22.5 Å². The Labute approximate surface area is 186 Å². The molecule has 4 rings (SSSR count). The van der Waals surface area contributed by atoms with Gasteiger partial charge in [-0.25, -0.2) is 4.79 Å². The molecule has 7 nitrogen and oxygen atoms in total. The first-order chi connectivity index (χ1) is 15.5. The first-order valence-corrected chi connectivity index (χ1v) is 10.8. The minimum atomic E-state index is -0.413. The number of hydrogen-bond donors (Lipinski definition) is 1. The van der Waals surface area contributed by atoms with E-state index >= 15 is 0 Å². The van der Waals surface area contributed by atoms with Crippen molar-refractivity contribution in [3.05, 3.63) is 69.6 Å². The first-order valence-electron chi connectivity index (χ1n) is 10.8. The Bertz CT molecular complexity index is 1150. The van der Waals surface area contributed by atoms with E-state index in [-0.39, 0.29) is 12.3 Å². The van der Waals surface area contributed by atoms with E-state index in [0.717, 1.165) is 49.5 Å². The largest absolute Gasteiger partial charge is 0.497 e. The number of methoxy groups -OCH3 is 1. The van der Waals surface area contributed by atoms with Crippen molar-refractivity contribution in [2.75, 3.05) is 38.7 Å². The fourth-order valence-corrected chi connectivity index (χ4v) is 3.96. The Morgan fingerprint density at radius 3 is 2.59 bits per heavy atom. The van der Waals surface area contributed by atoms with E-state index in [1.807, 2.05) is 43.3 Å². The number of hydrogen-bond acceptors (Lipinski definition) is 6. The smallest absolute Gasteiger partial charge is 0.339 e. The number of aryl methyl sites for hydroxylation is 1. The Balaban J connectivity index is 1.36. The molecule has 1 aliphatic heterocycles. The number of nitrogens with one attached hydrogen (secondary N) is 1. The van der Waals surface area contributed by atoms with E-state index in [1.165, 1.54) is 5.56 Å². The molecule has 0 unspecified atom stereocenters. The number of benzene rings is 2. The van der Waals surface area contributed by atoms with Crippen molar-refractivity contribution in [3.63, 3.8) is 0 Å². The van der Waals surface area contributed by atoms with Gasteiger partial charge in [0.05, 0.1) is 20.3 Å². The molecular formula is C25H28N2O5. The lowest BCUT2D eigenvalue weighted by Gasteiger charge is -2.26. The summed E-state index contributed by atoms with van der Waals surface area (Å²) < 4.78 is 16.0. The van der Waals surface area contributed by atoms with E-state index in [2.05, 4.69) is 10.2 Å². The van der Waals surface area contributed by atoms with Gasteiger partial charge < -0.3 is 19.2 Å². The number of amides is 1. The van der Waals surface area contributed by atoms with Gasteiger partial charge in [-0.05, 0) is 48.7 Å². The lowest BCUT2D eigenvalue weighted by molar-refractivity contribution is -0.116. The van der Waals surface area contributed by atoms with Crippen LogP contribution in [0.1, 0.15) is 23.1 Å². The second-order valence-corrected chi connectivity index (χ2v) is 7.99. The number of nitrogens with zero attached hydrogens (tertiary/aromatic N) is 1. The van der Waals surface area contributed by atoms with Crippen molar-refractivity contribution in [2.24, 2.45) is 0 Å². The van der Waals surface area contributed by atoms with Crippen molar-refractivity contribution < 1.29 is 18.7 Å². The third-order valence-electron chi connectivity index (χ3n) is 5.84. The zero-order valence-corrected chi connectivity index (χ0v) is 18.5. The van der Waals surface area contributed by atoms with Crippen LogP contribution in [0.25, 0.3) is 11.0 Å². The minimum Gasteiger partial charge on any atom is -0.497 e. The van der Waals surface area contributed by atoms with Crippen LogP contribution < -0.4 is 15.7 Å². The van der Waals surface area contributed by atoms with E-state index in [0.29, 0.717) is 23.3 Å². The van der Waals surface area contributed by atoms with E-state index < -0.39 is 5.63 Å². The van der Waals surface area contributed by atoms with Crippen molar-refractivity contribution in [3.8, 4) is 5.75 Å². The van der Waals surface area contributed by atoms with Crippen LogP contribution in [-0.4, -0.2) is 44.2 Å². The molecule has 168 valence electrons. The third kappa shape index (κ3) is 5.18.